The monoisotopic (exact) mass is 689 g/mol. The number of imidazole rings is 2. The van der Waals surface area contributed by atoms with Crippen LogP contribution in [0.5, 0.6) is 0 Å². The van der Waals surface area contributed by atoms with Gasteiger partial charge in [0.05, 0.1) is 25.9 Å². The number of hydrogen-bond acceptors (Lipinski definition) is 19. The van der Waals surface area contributed by atoms with Crippen LogP contribution in [0.1, 0.15) is 19.9 Å². The Morgan fingerprint density at radius 3 is 2.33 bits per heavy atom. The van der Waals surface area contributed by atoms with Crippen molar-refractivity contribution in [1.82, 2.24) is 39.0 Å². The zero-order chi connectivity index (χ0) is 31.8. The largest absolute Gasteiger partial charge is 0.756 e. The van der Waals surface area contributed by atoms with Crippen LogP contribution in [0, 0.1) is 0 Å². The molecule has 8 N–H and O–H groups in total. The fraction of sp³-hybridized carbons (Fsp3) is 0.524. The van der Waals surface area contributed by atoms with E-state index >= 15 is 0 Å². The van der Waals surface area contributed by atoms with E-state index in [9.17, 15) is 33.9 Å². The fourth-order valence-corrected chi connectivity index (χ4v) is 7.17. The predicted molar refractivity (Wildman–Crippen MR) is 148 cm³/mol. The first-order chi connectivity index (χ1) is 21.3. The number of H-pyrrole nitrogens is 1. The van der Waals surface area contributed by atoms with Crippen molar-refractivity contribution in [3.8, 4) is 0 Å². The molecule has 10 atom stereocenters. The Hall–Kier alpha value is -3.44. The molecule has 0 saturated carbocycles. The summed E-state index contributed by atoms with van der Waals surface area (Å²) in [5.41, 5.74) is 10.7. The van der Waals surface area contributed by atoms with Gasteiger partial charge in [0, 0.05) is 0 Å². The van der Waals surface area contributed by atoms with Crippen LogP contribution in [0.4, 0.5) is 11.8 Å². The molecule has 2 bridgehead atoms. The van der Waals surface area contributed by atoms with Gasteiger partial charge in [-0.15, -0.1) is 0 Å². The molecular formula is C21H27N10O13P2-. The van der Waals surface area contributed by atoms with Crippen molar-refractivity contribution in [1.29, 1.82) is 0 Å². The zero-order valence-electron chi connectivity index (χ0n) is 22.4. The van der Waals surface area contributed by atoms with E-state index in [1.54, 1.807) is 0 Å². The van der Waals surface area contributed by atoms with Crippen molar-refractivity contribution < 1.29 is 56.7 Å². The predicted octanol–water partition coefficient (Wildman–Crippen LogP) is -2.34. The number of aromatic nitrogens is 8. The summed E-state index contributed by atoms with van der Waals surface area (Å²) in [6.07, 6.45) is -9.53. The fourth-order valence-electron chi connectivity index (χ4n) is 5.29. The number of fused-ring (bicyclic) bond motifs is 5. The number of nitrogens with one attached hydrogen (secondary N) is 1. The summed E-state index contributed by atoms with van der Waals surface area (Å²) in [7, 11) is -10.4. The molecular weight excluding hydrogens is 662 g/mol. The average Bonchev–Trinajstić information content (AvgIpc) is 3.72. The van der Waals surface area contributed by atoms with Crippen LogP contribution in [-0.4, -0.2) is 104 Å². The highest BCUT2D eigenvalue weighted by atomic mass is 31.2. The molecule has 3 saturated heterocycles. The summed E-state index contributed by atoms with van der Waals surface area (Å²) in [4.78, 5) is 58.1. The maximum Gasteiger partial charge on any atom is 0.472 e. The maximum absolute atomic E-state index is 13.1. The van der Waals surface area contributed by atoms with E-state index in [1.807, 2.05) is 0 Å². The number of nitrogens with two attached hydrogens (primary N) is 2. The molecule has 0 aliphatic carbocycles. The Kier molecular flexibility index (Phi) is 8.24. The Morgan fingerprint density at radius 1 is 0.891 bits per heavy atom. The number of rotatable bonds is 2. The molecule has 46 heavy (non-hydrogen) atoms. The van der Waals surface area contributed by atoms with Gasteiger partial charge >= 0.3 is 7.82 Å². The second kappa shape index (κ2) is 11.7. The quantitative estimate of drug-likeness (QED) is 0.120. The van der Waals surface area contributed by atoms with Crippen molar-refractivity contribution in [2.45, 2.75) is 56.5 Å². The van der Waals surface area contributed by atoms with E-state index in [4.69, 9.17) is 39.0 Å². The van der Waals surface area contributed by atoms with Gasteiger partial charge < -0.3 is 50.0 Å². The van der Waals surface area contributed by atoms with E-state index in [-0.39, 0.29) is 41.5 Å². The normalized spacial score (nSPS) is 36.9. The smallest absolute Gasteiger partial charge is 0.472 e. The molecule has 3 aliphatic rings. The molecule has 3 fully saturated rings. The maximum atomic E-state index is 13.1. The number of aliphatic hydroxyl groups excluding tert-OH is 2. The van der Waals surface area contributed by atoms with E-state index in [0.29, 0.717) is 0 Å². The summed E-state index contributed by atoms with van der Waals surface area (Å²) >= 11 is 0. The lowest BCUT2D eigenvalue weighted by Crippen LogP contribution is -2.37. The van der Waals surface area contributed by atoms with Crippen LogP contribution >= 0.6 is 15.6 Å². The molecule has 250 valence electrons. The number of phosphoric ester groups is 2. The number of ether oxygens (including phenoxy) is 2. The minimum absolute atomic E-state index is 0. The summed E-state index contributed by atoms with van der Waals surface area (Å²) in [5, 5.41) is 22.1. The van der Waals surface area contributed by atoms with E-state index in [2.05, 4.69) is 29.9 Å². The third-order valence-electron chi connectivity index (χ3n) is 7.31. The molecule has 23 nitrogen and oxygen atoms in total. The van der Waals surface area contributed by atoms with Gasteiger partial charge in [-0.1, -0.05) is 7.43 Å². The van der Waals surface area contributed by atoms with Crippen LogP contribution in [0.2, 0.25) is 0 Å². The standard InChI is InChI=1S/C20H24N10O13P2.CH4/c21-14-8-15(24-3-23-14)29(4-25-8)18-11(32)12-7(41-18)2-39-45(36,37)43-13-10(31)6(1-38-44(34,35)42-12)40-19(13)30-5-26-9-16(30)27-20(22)28-17(9)33;/h3-7,10-13,18-19,31-32H,1-2H2,(H,34,35)(H,36,37)(H2,21,23,24)(H3,22,27,28,33);1H4/p-1/t6-,7-,10?,11+,12?,13+,18-,19-;/m1./s1. The van der Waals surface area contributed by atoms with Gasteiger partial charge in [0.2, 0.25) is 5.95 Å². The first-order valence-corrected chi connectivity index (χ1v) is 15.9. The first-order valence-electron chi connectivity index (χ1n) is 12.9. The molecule has 7 rings (SSSR count). The number of nitrogen functional groups attached to an aromatic ring is 2. The van der Waals surface area contributed by atoms with Gasteiger partial charge in [-0.25, -0.2) is 24.5 Å². The SMILES string of the molecule is C.Nc1nc2c(ncn2[C@@H]2O[C@@H]3COP(=O)(O)OC4[C@@H](COP(=O)([O-])O[C@H]2C3O)O[C@@H](n2cnc3c(N)ncnc32)[C@H]4O)c(=O)[nH]1. The zero-order valence-corrected chi connectivity index (χ0v) is 24.2. The van der Waals surface area contributed by atoms with Crippen molar-refractivity contribution >= 4 is 49.7 Å². The Labute approximate surface area is 256 Å². The van der Waals surface area contributed by atoms with Gasteiger partial charge in [-0.2, -0.15) is 4.98 Å². The average molecular weight is 689 g/mol. The summed E-state index contributed by atoms with van der Waals surface area (Å²) in [6, 6.07) is 0. The highest BCUT2D eigenvalue weighted by molar-refractivity contribution is 7.47. The number of hydrogen-bond donors (Lipinski definition) is 6. The minimum Gasteiger partial charge on any atom is -0.756 e. The summed E-state index contributed by atoms with van der Waals surface area (Å²) in [5.74, 6) is -0.270. The number of phosphoric acid groups is 2. The second-order valence-electron chi connectivity index (χ2n) is 10.1. The van der Waals surface area contributed by atoms with Crippen molar-refractivity contribution in [3.63, 3.8) is 0 Å². The Bertz CT molecular complexity index is 1940. The molecule has 3 aliphatic heterocycles. The van der Waals surface area contributed by atoms with Crippen LogP contribution in [0.25, 0.3) is 22.3 Å². The lowest BCUT2D eigenvalue weighted by Gasteiger charge is -2.31. The molecule has 4 aromatic rings. The van der Waals surface area contributed by atoms with Crippen LogP contribution < -0.4 is 21.9 Å². The molecule has 0 radical (unpaired) electrons. The summed E-state index contributed by atoms with van der Waals surface area (Å²) < 4.78 is 60.6. The van der Waals surface area contributed by atoms with E-state index in [1.165, 1.54) is 10.9 Å². The van der Waals surface area contributed by atoms with Crippen LogP contribution in [0.15, 0.2) is 23.8 Å². The number of aromatic amines is 1. The van der Waals surface area contributed by atoms with Gasteiger partial charge in [-0.3, -0.25) is 32.5 Å². The molecule has 25 heteroatoms. The van der Waals surface area contributed by atoms with Crippen molar-refractivity contribution in [3.05, 3.63) is 29.3 Å². The molecule has 0 amide bonds. The van der Waals surface area contributed by atoms with Crippen molar-refractivity contribution in [2.75, 3.05) is 24.7 Å². The molecule has 0 spiro atoms. The molecule has 0 aromatic carbocycles. The van der Waals surface area contributed by atoms with Gasteiger partial charge in [-0.05, 0) is 0 Å². The number of anilines is 2. The lowest BCUT2D eigenvalue weighted by atomic mass is 10.1. The highest BCUT2D eigenvalue weighted by Gasteiger charge is 2.52. The Morgan fingerprint density at radius 2 is 1.57 bits per heavy atom. The van der Waals surface area contributed by atoms with E-state index in [0.717, 1.165) is 17.2 Å². The Balaban J connectivity index is 0.00000372. The molecule has 4 unspecified atom stereocenters. The topological polar surface area (TPSA) is 332 Å². The minimum atomic E-state index is -5.36. The van der Waals surface area contributed by atoms with Gasteiger partial charge in [0.25, 0.3) is 13.4 Å². The second-order valence-corrected chi connectivity index (χ2v) is 12.9. The van der Waals surface area contributed by atoms with Gasteiger partial charge in [0.1, 0.15) is 48.5 Å². The molecule has 7 heterocycles. The van der Waals surface area contributed by atoms with Crippen LogP contribution in [-0.2, 0) is 36.7 Å². The third kappa shape index (κ3) is 5.59. The number of nitrogens with zero attached hydrogens (tertiary/aromatic N) is 7. The summed E-state index contributed by atoms with van der Waals surface area (Å²) in [6.45, 7) is -1.74. The van der Waals surface area contributed by atoms with Crippen molar-refractivity contribution in [2.24, 2.45) is 0 Å². The first kappa shape index (κ1) is 32.5. The van der Waals surface area contributed by atoms with Crippen LogP contribution in [0.3, 0.4) is 0 Å². The van der Waals surface area contributed by atoms with E-state index < -0.39 is 83.5 Å². The lowest BCUT2D eigenvalue weighted by molar-refractivity contribution is -0.237. The number of aliphatic hydroxyl groups is 2. The highest BCUT2D eigenvalue weighted by Crippen LogP contribution is 2.52. The molecule has 4 aromatic heterocycles. The third-order valence-corrected chi connectivity index (χ3v) is 9.26. The van der Waals surface area contributed by atoms with Gasteiger partial charge in [0.15, 0.2) is 35.1 Å².